The van der Waals surface area contributed by atoms with Crippen LogP contribution >= 0.6 is 0 Å². The largest absolute Gasteiger partial charge is 0.420 e. The highest BCUT2D eigenvalue weighted by atomic mass is 19.2. The number of hydrogen-bond acceptors (Lipinski definition) is 4. The quantitative estimate of drug-likeness (QED) is 0.447. The molecule has 1 aromatic carbocycles. The normalized spacial score (nSPS) is 16.8. The van der Waals surface area contributed by atoms with Gasteiger partial charge in [0.1, 0.15) is 11.6 Å². The molecule has 0 saturated heterocycles. The van der Waals surface area contributed by atoms with Crippen LogP contribution in [0.1, 0.15) is 43.5 Å². The van der Waals surface area contributed by atoms with Crippen molar-refractivity contribution in [2.45, 2.75) is 32.1 Å². The standard InChI is InChI=1S/C17H13F5N4O/c1-17(2,3)14-8-6(5(4-23)15(24)27-16(8)26-25-14)7-9(18)11(20)13(22)12(21)10(7)19/h6H,24H2,1-3H3,(H,25,26)/t6-/m1/s1. The summed E-state index contributed by atoms with van der Waals surface area (Å²) in [6.45, 7) is 5.18. The van der Waals surface area contributed by atoms with Crippen molar-refractivity contribution in [3.63, 3.8) is 0 Å². The molecule has 1 aromatic heterocycles. The zero-order chi connectivity index (χ0) is 20.3. The first kappa shape index (κ1) is 18.7. The molecule has 0 spiro atoms. The third-order valence-electron chi connectivity index (χ3n) is 4.22. The van der Waals surface area contributed by atoms with Crippen molar-refractivity contribution in [3.05, 3.63) is 57.4 Å². The molecule has 27 heavy (non-hydrogen) atoms. The lowest BCUT2D eigenvalue weighted by Gasteiger charge is -2.28. The summed E-state index contributed by atoms with van der Waals surface area (Å²) in [7, 11) is 0. The van der Waals surface area contributed by atoms with Crippen molar-refractivity contribution in [1.82, 2.24) is 10.2 Å². The Hall–Kier alpha value is -3.09. The van der Waals surface area contributed by atoms with E-state index in [0.717, 1.165) is 0 Å². The number of fused-ring (bicyclic) bond motifs is 1. The third-order valence-corrected chi connectivity index (χ3v) is 4.22. The molecular formula is C17H13F5N4O. The number of aromatic amines is 1. The second-order valence-corrected chi connectivity index (χ2v) is 6.98. The van der Waals surface area contributed by atoms with Crippen molar-refractivity contribution < 1.29 is 26.7 Å². The van der Waals surface area contributed by atoms with Gasteiger partial charge in [-0.05, 0) is 0 Å². The molecule has 0 fully saturated rings. The summed E-state index contributed by atoms with van der Waals surface area (Å²) >= 11 is 0. The first-order chi connectivity index (χ1) is 12.5. The SMILES string of the molecule is CC(C)(C)c1[nH]nc2c1[C@@H](c1c(F)c(F)c(F)c(F)c1F)C(C#N)=C(N)O2. The van der Waals surface area contributed by atoms with Crippen molar-refractivity contribution >= 4 is 0 Å². The molecule has 0 amide bonds. The van der Waals surface area contributed by atoms with Gasteiger partial charge in [0, 0.05) is 16.7 Å². The second-order valence-electron chi connectivity index (χ2n) is 6.98. The van der Waals surface area contributed by atoms with Crippen molar-refractivity contribution in [3.8, 4) is 11.9 Å². The van der Waals surface area contributed by atoms with Crippen LogP contribution in [0.15, 0.2) is 11.5 Å². The number of ether oxygens (including phenoxy) is 1. The highest BCUT2D eigenvalue weighted by Gasteiger charge is 2.42. The van der Waals surface area contributed by atoms with Crippen LogP contribution in [0.2, 0.25) is 0 Å². The molecule has 0 radical (unpaired) electrons. The Labute approximate surface area is 150 Å². The number of nitriles is 1. The Morgan fingerprint density at radius 1 is 1.00 bits per heavy atom. The molecule has 2 heterocycles. The topological polar surface area (TPSA) is 87.7 Å². The minimum absolute atomic E-state index is 0.0172. The monoisotopic (exact) mass is 384 g/mol. The van der Waals surface area contributed by atoms with E-state index in [9.17, 15) is 27.2 Å². The average Bonchev–Trinajstić information content (AvgIpc) is 3.02. The molecule has 0 bridgehead atoms. The van der Waals surface area contributed by atoms with Crippen molar-refractivity contribution in [1.29, 1.82) is 5.26 Å². The molecule has 142 valence electrons. The molecule has 1 atom stereocenters. The smallest absolute Gasteiger partial charge is 0.244 e. The molecular weight excluding hydrogens is 371 g/mol. The molecule has 3 N–H and O–H groups in total. The van der Waals surface area contributed by atoms with E-state index >= 15 is 0 Å². The predicted molar refractivity (Wildman–Crippen MR) is 82.8 cm³/mol. The van der Waals surface area contributed by atoms with Crippen LogP contribution in [0.5, 0.6) is 5.88 Å². The van der Waals surface area contributed by atoms with Gasteiger partial charge >= 0.3 is 0 Å². The van der Waals surface area contributed by atoms with E-state index in [4.69, 9.17) is 10.5 Å². The summed E-state index contributed by atoms with van der Waals surface area (Å²) in [6.07, 6.45) is 0. The lowest BCUT2D eigenvalue weighted by Crippen LogP contribution is -2.26. The minimum Gasteiger partial charge on any atom is -0.420 e. The Bertz CT molecular complexity index is 1000. The molecule has 10 heteroatoms. The summed E-state index contributed by atoms with van der Waals surface area (Å²) in [6, 6.07) is 1.64. The molecule has 2 aromatic rings. The first-order valence-electron chi connectivity index (χ1n) is 7.68. The zero-order valence-corrected chi connectivity index (χ0v) is 14.3. The van der Waals surface area contributed by atoms with Gasteiger partial charge in [-0.1, -0.05) is 20.8 Å². The van der Waals surface area contributed by atoms with Crippen LogP contribution in [0.25, 0.3) is 0 Å². The Morgan fingerprint density at radius 2 is 1.52 bits per heavy atom. The van der Waals surface area contributed by atoms with Gasteiger partial charge in [0.25, 0.3) is 0 Å². The fraction of sp³-hybridized carbons (Fsp3) is 0.294. The van der Waals surface area contributed by atoms with Gasteiger partial charge < -0.3 is 10.5 Å². The van der Waals surface area contributed by atoms with Gasteiger partial charge in [0.2, 0.25) is 17.6 Å². The number of hydrogen-bond donors (Lipinski definition) is 2. The van der Waals surface area contributed by atoms with E-state index < -0.39 is 57.4 Å². The number of benzene rings is 1. The highest BCUT2D eigenvalue weighted by Crippen LogP contribution is 2.47. The Kier molecular flexibility index (Phi) is 4.14. The summed E-state index contributed by atoms with van der Waals surface area (Å²) in [5, 5.41) is 15.9. The Balaban J connectivity index is 2.44. The number of nitrogens with two attached hydrogens (primary N) is 1. The van der Waals surface area contributed by atoms with Gasteiger partial charge in [-0.25, -0.2) is 22.0 Å². The summed E-state index contributed by atoms with van der Waals surface area (Å²) in [5.74, 6) is -13.0. The van der Waals surface area contributed by atoms with Crippen LogP contribution < -0.4 is 10.5 Å². The van der Waals surface area contributed by atoms with Crippen molar-refractivity contribution in [2.24, 2.45) is 5.73 Å². The lowest BCUT2D eigenvalue weighted by molar-refractivity contribution is 0.357. The Morgan fingerprint density at radius 3 is 2.00 bits per heavy atom. The number of allylic oxidation sites excluding steroid dienone is 1. The maximum Gasteiger partial charge on any atom is 0.244 e. The van der Waals surface area contributed by atoms with E-state index in [1.807, 2.05) is 0 Å². The van der Waals surface area contributed by atoms with Crippen LogP contribution in [0.3, 0.4) is 0 Å². The number of rotatable bonds is 1. The van der Waals surface area contributed by atoms with Crippen LogP contribution in [0, 0.1) is 40.4 Å². The minimum atomic E-state index is -2.29. The van der Waals surface area contributed by atoms with Gasteiger partial charge in [0.15, 0.2) is 23.3 Å². The first-order valence-corrected chi connectivity index (χ1v) is 7.68. The third kappa shape index (κ3) is 2.61. The highest BCUT2D eigenvalue weighted by molar-refractivity contribution is 5.57. The number of halogens is 5. The fourth-order valence-corrected chi connectivity index (χ4v) is 2.98. The van der Waals surface area contributed by atoms with E-state index in [2.05, 4.69) is 10.2 Å². The number of H-pyrrole nitrogens is 1. The maximum absolute atomic E-state index is 14.5. The molecule has 0 unspecified atom stereocenters. The van der Waals surface area contributed by atoms with Gasteiger partial charge in [-0.2, -0.15) is 5.26 Å². The van der Waals surface area contributed by atoms with E-state index in [1.165, 1.54) is 0 Å². The fourth-order valence-electron chi connectivity index (χ4n) is 2.98. The average molecular weight is 384 g/mol. The van der Waals surface area contributed by atoms with Gasteiger partial charge in [-0.15, -0.1) is 5.10 Å². The number of aromatic nitrogens is 2. The zero-order valence-electron chi connectivity index (χ0n) is 14.3. The summed E-state index contributed by atoms with van der Waals surface area (Å²) in [4.78, 5) is 0. The molecule has 0 aliphatic carbocycles. The maximum atomic E-state index is 14.5. The molecule has 1 aliphatic heterocycles. The predicted octanol–water partition coefficient (Wildman–Crippen LogP) is 3.62. The van der Waals surface area contributed by atoms with Crippen LogP contribution in [-0.2, 0) is 5.41 Å². The molecule has 5 nitrogen and oxygen atoms in total. The lowest BCUT2D eigenvalue weighted by atomic mass is 9.78. The molecule has 1 aliphatic rings. The van der Waals surface area contributed by atoms with Crippen molar-refractivity contribution in [2.75, 3.05) is 0 Å². The van der Waals surface area contributed by atoms with Gasteiger partial charge in [0.05, 0.1) is 11.5 Å². The number of nitrogens with zero attached hydrogens (tertiary/aromatic N) is 2. The van der Waals surface area contributed by atoms with E-state index in [1.54, 1.807) is 26.8 Å². The van der Waals surface area contributed by atoms with Crippen LogP contribution in [-0.4, -0.2) is 10.2 Å². The summed E-state index contributed by atoms with van der Waals surface area (Å²) < 4.78 is 75.2. The van der Waals surface area contributed by atoms with E-state index in [0.29, 0.717) is 5.69 Å². The number of nitrogens with one attached hydrogen (secondary N) is 1. The van der Waals surface area contributed by atoms with Crippen LogP contribution in [0.4, 0.5) is 22.0 Å². The molecule has 0 saturated carbocycles. The second kappa shape index (κ2) is 5.97. The van der Waals surface area contributed by atoms with E-state index in [-0.39, 0.29) is 11.4 Å². The summed E-state index contributed by atoms with van der Waals surface area (Å²) in [5.41, 5.74) is 3.55. The van der Waals surface area contributed by atoms with Gasteiger partial charge in [-0.3, -0.25) is 5.10 Å². The molecule has 3 rings (SSSR count).